The maximum absolute atomic E-state index is 12.4. The van der Waals surface area contributed by atoms with E-state index < -0.39 is 21.8 Å². The van der Waals surface area contributed by atoms with E-state index >= 15 is 0 Å². The largest absolute Gasteiger partial charge is 0.495 e. The second-order valence-corrected chi connectivity index (χ2v) is 9.26. The Kier molecular flexibility index (Phi) is 6.43. The lowest BCUT2D eigenvalue weighted by molar-refractivity contribution is -0.136. The monoisotopic (exact) mass is 409 g/mol. The molecule has 1 saturated heterocycles. The van der Waals surface area contributed by atoms with Gasteiger partial charge in [-0.3, -0.25) is 13.9 Å². The highest BCUT2D eigenvalue weighted by molar-refractivity contribution is 7.93. The number of hydrogen-bond donors (Lipinski definition) is 2. The van der Waals surface area contributed by atoms with Crippen molar-refractivity contribution in [3.05, 3.63) is 18.2 Å². The predicted molar refractivity (Wildman–Crippen MR) is 107 cm³/mol. The number of hydrogen-bond acceptors (Lipinski definition) is 5. The van der Waals surface area contributed by atoms with Gasteiger partial charge in [0.1, 0.15) is 5.75 Å². The molecule has 1 aromatic rings. The van der Waals surface area contributed by atoms with Gasteiger partial charge >= 0.3 is 11.8 Å². The van der Waals surface area contributed by atoms with E-state index in [4.69, 9.17) is 4.74 Å². The van der Waals surface area contributed by atoms with Crippen molar-refractivity contribution in [2.45, 2.75) is 51.0 Å². The van der Waals surface area contributed by atoms with Crippen LogP contribution in [0, 0.1) is 0 Å². The fraction of sp³-hybridized carbons (Fsp3) is 0.579. The SMILES string of the molecule is COc1ccc(N2CCCS2(=O)=O)cc1NC(=O)C(=O)NC1CCCCCC1. The Morgan fingerprint density at radius 3 is 2.39 bits per heavy atom. The molecule has 0 radical (unpaired) electrons. The van der Waals surface area contributed by atoms with Crippen molar-refractivity contribution in [1.82, 2.24) is 5.32 Å². The number of rotatable bonds is 4. The van der Waals surface area contributed by atoms with Crippen molar-refractivity contribution in [2.24, 2.45) is 0 Å². The second kappa shape index (κ2) is 8.81. The van der Waals surface area contributed by atoms with Gasteiger partial charge in [0, 0.05) is 12.6 Å². The minimum Gasteiger partial charge on any atom is -0.495 e. The van der Waals surface area contributed by atoms with Crippen LogP contribution in [0.15, 0.2) is 18.2 Å². The summed E-state index contributed by atoms with van der Waals surface area (Å²) in [5, 5.41) is 5.36. The molecule has 2 N–H and O–H groups in total. The summed E-state index contributed by atoms with van der Waals surface area (Å²) in [6.45, 7) is 0.393. The summed E-state index contributed by atoms with van der Waals surface area (Å²) in [4.78, 5) is 24.7. The van der Waals surface area contributed by atoms with Gasteiger partial charge in [0.2, 0.25) is 10.0 Å². The first kappa shape index (κ1) is 20.4. The Balaban J connectivity index is 1.72. The minimum atomic E-state index is -3.34. The van der Waals surface area contributed by atoms with Crippen molar-refractivity contribution in [3.63, 3.8) is 0 Å². The van der Waals surface area contributed by atoms with Crippen LogP contribution in [0.1, 0.15) is 44.9 Å². The second-order valence-electron chi connectivity index (χ2n) is 7.24. The fourth-order valence-electron chi connectivity index (χ4n) is 3.73. The molecule has 9 heteroatoms. The molecule has 1 aliphatic heterocycles. The molecule has 1 heterocycles. The molecule has 1 aliphatic carbocycles. The maximum atomic E-state index is 12.4. The molecule has 8 nitrogen and oxygen atoms in total. The van der Waals surface area contributed by atoms with E-state index in [9.17, 15) is 18.0 Å². The zero-order valence-corrected chi connectivity index (χ0v) is 16.9. The van der Waals surface area contributed by atoms with E-state index in [2.05, 4.69) is 10.6 Å². The van der Waals surface area contributed by atoms with Gasteiger partial charge in [-0.15, -0.1) is 0 Å². The van der Waals surface area contributed by atoms with Crippen LogP contribution in [0.5, 0.6) is 5.75 Å². The number of nitrogens with zero attached hydrogens (tertiary/aromatic N) is 1. The molecule has 0 aromatic heterocycles. The smallest absolute Gasteiger partial charge is 0.313 e. The van der Waals surface area contributed by atoms with Gasteiger partial charge in [0.25, 0.3) is 0 Å². The molecule has 0 bridgehead atoms. The molecular formula is C19H27N3O5S. The van der Waals surface area contributed by atoms with Crippen LogP contribution in [0.4, 0.5) is 11.4 Å². The van der Waals surface area contributed by atoms with Gasteiger partial charge in [-0.1, -0.05) is 25.7 Å². The van der Waals surface area contributed by atoms with E-state index in [0.717, 1.165) is 38.5 Å². The number of sulfonamides is 1. The Bertz CT molecular complexity index is 832. The summed E-state index contributed by atoms with van der Waals surface area (Å²) >= 11 is 0. The van der Waals surface area contributed by atoms with Crippen LogP contribution < -0.4 is 19.7 Å². The van der Waals surface area contributed by atoms with E-state index in [1.54, 1.807) is 12.1 Å². The molecule has 1 aromatic carbocycles. The molecule has 0 spiro atoms. The normalized spacial score (nSPS) is 19.7. The van der Waals surface area contributed by atoms with Gasteiger partial charge in [-0.2, -0.15) is 0 Å². The summed E-state index contributed by atoms with van der Waals surface area (Å²) in [5.41, 5.74) is 0.709. The highest BCUT2D eigenvalue weighted by atomic mass is 32.2. The van der Waals surface area contributed by atoms with Crippen LogP contribution in [-0.2, 0) is 19.6 Å². The number of anilines is 2. The van der Waals surface area contributed by atoms with E-state index in [-0.39, 0.29) is 17.5 Å². The number of nitrogens with one attached hydrogen (secondary N) is 2. The average Bonchev–Trinajstić information content (AvgIpc) is 2.85. The molecule has 3 rings (SSSR count). The lowest BCUT2D eigenvalue weighted by Crippen LogP contribution is -2.41. The van der Waals surface area contributed by atoms with E-state index in [1.807, 2.05) is 0 Å². The molecule has 2 aliphatic rings. The van der Waals surface area contributed by atoms with E-state index in [1.165, 1.54) is 17.5 Å². The first-order chi connectivity index (χ1) is 13.4. The molecule has 2 amide bonds. The summed E-state index contributed by atoms with van der Waals surface area (Å²) in [6, 6.07) is 4.76. The zero-order valence-electron chi connectivity index (χ0n) is 16.1. The third-order valence-corrected chi connectivity index (χ3v) is 7.08. The molecule has 0 unspecified atom stereocenters. The van der Waals surface area contributed by atoms with Gasteiger partial charge in [-0.05, 0) is 37.5 Å². The number of benzene rings is 1. The Labute approximate surface area is 165 Å². The van der Waals surface area contributed by atoms with Crippen LogP contribution in [0.3, 0.4) is 0 Å². The average molecular weight is 410 g/mol. The van der Waals surface area contributed by atoms with E-state index in [0.29, 0.717) is 24.4 Å². The summed E-state index contributed by atoms with van der Waals surface area (Å²) in [7, 11) is -1.90. The molecule has 1 saturated carbocycles. The quantitative estimate of drug-likeness (QED) is 0.585. The van der Waals surface area contributed by atoms with Crippen molar-refractivity contribution in [3.8, 4) is 5.75 Å². The molecule has 28 heavy (non-hydrogen) atoms. The van der Waals surface area contributed by atoms with Crippen molar-refractivity contribution in [2.75, 3.05) is 29.0 Å². The molecule has 154 valence electrons. The van der Waals surface area contributed by atoms with Crippen molar-refractivity contribution >= 4 is 33.2 Å². The minimum absolute atomic E-state index is 0.0173. The number of methoxy groups -OCH3 is 1. The molecule has 2 fully saturated rings. The maximum Gasteiger partial charge on any atom is 0.313 e. The summed E-state index contributed by atoms with van der Waals surface area (Å²) in [6.07, 6.45) is 6.72. The van der Waals surface area contributed by atoms with Gasteiger partial charge in [0.05, 0.1) is 24.2 Å². The number of amides is 2. The first-order valence-electron chi connectivity index (χ1n) is 9.71. The topological polar surface area (TPSA) is 105 Å². The van der Waals surface area contributed by atoms with Crippen LogP contribution in [0.2, 0.25) is 0 Å². The Morgan fingerprint density at radius 2 is 1.79 bits per heavy atom. The Morgan fingerprint density at radius 1 is 1.07 bits per heavy atom. The zero-order chi connectivity index (χ0) is 20.1. The number of ether oxygens (including phenoxy) is 1. The highest BCUT2D eigenvalue weighted by Crippen LogP contribution is 2.32. The van der Waals surface area contributed by atoms with Gasteiger partial charge in [0.15, 0.2) is 0 Å². The Hall–Kier alpha value is -2.29. The van der Waals surface area contributed by atoms with Crippen molar-refractivity contribution in [1.29, 1.82) is 0 Å². The number of carbonyl (C=O) groups excluding carboxylic acids is 2. The fourth-order valence-corrected chi connectivity index (χ4v) is 5.29. The van der Waals surface area contributed by atoms with Gasteiger partial charge < -0.3 is 15.4 Å². The van der Waals surface area contributed by atoms with Crippen LogP contribution in [-0.4, -0.2) is 45.7 Å². The summed E-state index contributed by atoms with van der Waals surface area (Å²) in [5.74, 6) is -1.02. The van der Waals surface area contributed by atoms with Crippen LogP contribution in [0.25, 0.3) is 0 Å². The third-order valence-electron chi connectivity index (χ3n) is 5.22. The number of carbonyl (C=O) groups is 2. The van der Waals surface area contributed by atoms with Crippen LogP contribution >= 0.6 is 0 Å². The summed E-state index contributed by atoms with van der Waals surface area (Å²) < 4.78 is 30.9. The first-order valence-corrected chi connectivity index (χ1v) is 11.3. The molecule has 0 atom stereocenters. The predicted octanol–water partition coefficient (Wildman–Crippen LogP) is 2.01. The standard InChI is InChI=1S/C19H27N3O5S/c1-27-17-10-9-15(22-11-6-12-28(22,25)26)13-16(17)21-19(24)18(23)20-14-7-4-2-3-5-8-14/h9-10,13-14H,2-8,11-12H2,1H3,(H,20,23)(H,21,24). The highest BCUT2D eigenvalue weighted by Gasteiger charge is 2.29. The lowest BCUT2D eigenvalue weighted by atomic mass is 10.1. The lowest BCUT2D eigenvalue weighted by Gasteiger charge is -2.20. The third kappa shape index (κ3) is 4.76. The molecular weight excluding hydrogens is 382 g/mol. The van der Waals surface area contributed by atoms with Gasteiger partial charge in [-0.25, -0.2) is 8.42 Å². The van der Waals surface area contributed by atoms with Crippen molar-refractivity contribution < 1.29 is 22.7 Å².